The quantitative estimate of drug-likeness (QED) is 0.538. The predicted octanol–water partition coefficient (Wildman–Crippen LogP) is 0.782. The summed E-state index contributed by atoms with van der Waals surface area (Å²) in [6.45, 7) is 10.4. The smallest absolute Gasteiger partial charge is 0.209 e. The van der Waals surface area contributed by atoms with E-state index in [9.17, 15) is 5.11 Å². The van der Waals surface area contributed by atoms with Gasteiger partial charge in [0.25, 0.3) is 0 Å². The molecule has 1 atom stereocenters. The average molecular weight is 273 g/mol. The number of hydrogen-bond donors (Lipinski definition) is 2. The zero-order valence-corrected chi connectivity index (χ0v) is 12.4. The van der Waals surface area contributed by atoms with Crippen LogP contribution in [0.25, 0.3) is 0 Å². The van der Waals surface area contributed by atoms with Gasteiger partial charge in [0, 0.05) is 12.3 Å². The summed E-state index contributed by atoms with van der Waals surface area (Å²) in [5, 5.41) is 25.8. The molecule has 1 aromatic rings. The molecule has 1 aromatic heterocycles. The van der Waals surface area contributed by atoms with Crippen molar-refractivity contribution in [2.24, 2.45) is 5.92 Å². The van der Waals surface area contributed by atoms with Crippen LogP contribution < -0.4 is 5.32 Å². The Morgan fingerprint density at radius 3 is 2.83 bits per heavy atom. The van der Waals surface area contributed by atoms with Gasteiger partial charge in [0.1, 0.15) is 0 Å². The van der Waals surface area contributed by atoms with Gasteiger partial charge in [-0.25, -0.2) is 4.68 Å². The fourth-order valence-electron chi connectivity index (χ4n) is 1.18. The van der Waals surface area contributed by atoms with Crippen molar-refractivity contribution in [1.29, 1.82) is 0 Å². The summed E-state index contributed by atoms with van der Waals surface area (Å²) in [5.41, 5.74) is -0.705. The minimum absolute atomic E-state index is 0.205. The van der Waals surface area contributed by atoms with Crippen LogP contribution in [-0.4, -0.2) is 49.8 Å². The zero-order valence-electron chi connectivity index (χ0n) is 11.6. The van der Waals surface area contributed by atoms with Gasteiger partial charge in [0.05, 0.1) is 12.1 Å². The lowest BCUT2D eigenvalue weighted by atomic mass is 9.95. The van der Waals surface area contributed by atoms with Gasteiger partial charge >= 0.3 is 0 Å². The molecule has 2 N–H and O–H groups in total. The minimum atomic E-state index is -0.705. The van der Waals surface area contributed by atoms with Crippen molar-refractivity contribution in [3.63, 3.8) is 0 Å². The fraction of sp³-hybridized carbons (Fsp3) is 0.909. The van der Waals surface area contributed by atoms with E-state index in [0.717, 1.165) is 24.8 Å². The van der Waals surface area contributed by atoms with Gasteiger partial charge in [-0.15, -0.1) is 5.10 Å². The van der Waals surface area contributed by atoms with Crippen LogP contribution in [0.2, 0.25) is 0 Å². The van der Waals surface area contributed by atoms with E-state index in [4.69, 9.17) is 0 Å². The van der Waals surface area contributed by atoms with Crippen LogP contribution >= 0.6 is 11.8 Å². The third-order valence-electron chi connectivity index (χ3n) is 2.99. The van der Waals surface area contributed by atoms with Crippen LogP contribution in [0.15, 0.2) is 5.16 Å². The SMILES string of the molecule is CCNCCn1nnnc1SCC(C)(O)C(C)C. The molecule has 0 aliphatic heterocycles. The Hall–Kier alpha value is -0.660. The number of nitrogens with zero attached hydrogens (tertiary/aromatic N) is 4. The van der Waals surface area contributed by atoms with E-state index >= 15 is 0 Å². The second kappa shape index (κ2) is 7.06. The van der Waals surface area contributed by atoms with Crippen LogP contribution in [0.4, 0.5) is 0 Å². The highest BCUT2D eigenvalue weighted by Gasteiger charge is 2.26. The molecule has 0 bridgehead atoms. The van der Waals surface area contributed by atoms with E-state index in [1.807, 2.05) is 20.8 Å². The maximum Gasteiger partial charge on any atom is 0.209 e. The van der Waals surface area contributed by atoms with E-state index in [-0.39, 0.29) is 5.92 Å². The van der Waals surface area contributed by atoms with Gasteiger partial charge in [-0.2, -0.15) is 0 Å². The van der Waals surface area contributed by atoms with E-state index < -0.39 is 5.60 Å². The lowest BCUT2D eigenvalue weighted by molar-refractivity contribution is 0.0375. The molecule has 7 heteroatoms. The van der Waals surface area contributed by atoms with E-state index in [0.29, 0.717) is 5.75 Å². The third-order valence-corrected chi connectivity index (χ3v) is 4.27. The van der Waals surface area contributed by atoms with Crippen molar-refractivity contribution in [3.8, 4) is 0 Å². The summed E-state index contributed by atoms with van der Waals surface area (Å²) in [6, 6.07) is 0. The Kier molecular flexibility index (Phi) is 6.04. The number of aromatic nitrogens is 4. The van der Waals surface area contributed by atoms with Crippen LogP contribution in [-0.2, 0) is 6.54 Å². The number of tetrazole rings is 1. The molecule has 0 amide bonds. The first-order chi connectivity index (χ1) is 8.47. The molecule has 0 aliphatic carbocycles. The van der Waals surface area contributed by atoms with Gasteiger partial charge in [-0.1, -0.05) is 32.5 Å². The predicted molar refractivity (Wildman–Crippen MR) is 72.5 cm³/mol. The Labute approximate surface area is 113 Å². The molecule has 0 saturated carbocycles. The number of hydrogen-bond acceptors (Lipinski definition) is 6. The fourth-order valence-corrected chi connectivity index (χ4v) is 2.30. The molecule has 0 saturated heterocycles. The second-order valence-corrected chi connectivity index (χ2v) is 5.78. The monoisotopic (exact) mass is 273 g/mol. The van der Waals surface area contributed by atoms with Crippen LogP contribution in [0.5, 0.6) is 0 Å². The number of likely N-dealkylation sites (N-methyl/N-ethyl adjacent to an activating group) is 1. The Bertz CT molecular complexity index is 353. The molecular weight excluding hydrogens is 250 g/mol. The Morgan fingerprint density at radius 1 is 1.50 bits per heavy atom. The lowest BCUT2D eigenvalue weighted by Gasteiger charge is -2.26. The molecule has 0 radical (unpaired) electrons. The molecular formula is C11H23N5OS. The van der Waals surface area contributed by atoms with Gasteiger partial charge in [-0.05, 0) is 29.8 Å². The lowest BCUT2D eigenvalue weighted by Crippen LogP contribution is -2.34. The highest BCUT2D eigenvalue weighted by atomic mass is 32.2. The van der Waals surface area contributed by atoms with E-state index in [1.54, 1.807) is 4.68 Å². The standard InChI is InChI=1S/C11H23N5OS/c1-5-12-6-7-16-10(13-14-15-16)18-8-11(4,17)9(2)3/h9,12,17H,5-8H2,1-4H3. The van der Waals surface area contributed by atoms with E-state index in [2.05, 4.69) is 27.8 Å². The number of thioether (sulfide) groups is 1. The maximum absolute atomic E-state index is 10.2. The molecule has 18 heavy (non-hydrogen) atoms. The number of aliphatic hydroxyl groups is 1. The van der Waals surface area contributed by atoms with Crippen LogP contribution in [0.1, 0.15) is 27.7 Å². The first-order valence-corrected chi connectivity index (χ1v) is 7.28. The van der Waals surface area contributed by atoms with Gasteiger partial charge in [-0.3, -0.25) is 0 Å². The van der Waals surface area contributed by atoms with Crippen LogP contribution in [0, 0.1) is 5.92 Å². The van der Waals surface area contributed by atoms with Crippen molar-refractivity contribution < 1.29 is 5.11 Å². The van der Waals surface area contributed by atoms with Crippen molar-refractivity contribution in [1.82, 2.24) is 25.5 Å². The Morgan fingerprint density at radius 2 is 2.22 bits per heavy atom. The first-order valence-electron chi connectivity index (χ1n) is 6.29. The minimum Gasteiger partial charge on any atom is -0.389 e. The number of nitrogens with one attached hydrogen (secondary N) is 1. The normalized spacial score (nSPS) is 15.0. The molecule has 6 nitrogen and oxygen atoms in total. The van der Waals surface area contributed by atoms with Crippen molar-refractivity contribution in [3.05, 3.63) is 0 Å². The highest BCUT2D eigenvalue weighted by Crippen LogP contribution is 2.25. The van der Waals surface area contributed by atoms with Crippen molar-refractivity contribution in [2.75, 3.05) is 18.8 Å². The summed E-state index contributed by atoms with van der Waals surface area (Å²) in [7, 11) is 0. The molecule has 0 spiro atoms. The topological polar surface area (TPSA) is 75.9 Å². The average Bonchev–Trinajstić information content (AvgIpc) is 2.74. The summed E-state index contributed by atoms with van der Waals surface area (Å²) in [4.78, 5) is 0. The molecule has 1 rings (SSSR count). The molecule has 0 aliphatic rings. The van der Waals surface area contributed by atoms with Crippen molar-refractivity contribution in [2.45, 2.75) is 45.0 Å². The summed E-state index contributed by atoms with van der Waals surface area (Å²) in [5.74, 6) is 0.794. The molecule has 104 valence electrons. The van der Waals surface area contributed by atoms with E-state index in [1.165, 1.54) is 11.8 Å². The van der Waals surface area contributed by atoms with Gasteiger partial charge in [0.2, 0.25) is 5.16 Å². The summed E-state index contributed by atoms with van der Waals surface area (Å²) in [6.07, 6.45) is 0. The largest absolute Gasteiger partial charge is 0.389 e. The first kappa shape index (κ1) is 15.4. The van der Waals surface area contributed by atoms with Crippen molar-refractivity contribution >= 4 is 11.8 Å². The highest BCUT2D eigenvalue weighted by molar-refractivity contribution is 7.99. The zero-order chi connectivity index (χ0) is 13.6. The second-order valence-electron chi connectivity index (χ2n) is 4.84. The summed E-state index contributed by atoms with van der Waals surface area (Å²) >= 11 is 1.50. The summed E-state index contributed by atoms with van der Waals surface area (Å²) < 4.78 is 1.77. The third kappa shape index (κ3) is 4.55. The van der Waals surface area contributed by atoms with Crippen LogP contribution in [0.3, 0.4) is 0 Å². The number of rotatable bonds is 8. The van der Waals surface area contributed by atoms with Gasteiger partial charge < -0.3 is 10.4 Å². The maximum atomic E-state index is 10.2. The molecule has 1 unspecified atom stereocenters. The van der Waals surface area contributed by atoms with Gasteiger partial charge in [0.15, 0.2) is 0 Å². The molecule has 1 heterocycles. The molecule has 0 fully saturated rings. The molecule has 0 aromatic carbocycles. The Balaban J connectivity index is 2.50.